The normalized spacial score (nSPS) is 17.1. The van der Waals surface area contributed by atoms with Gasteiger partial charge in [0.2, 0.25) is 5.91 Å². The molecule has 1 amide bonds. The number of rotatable bonds is 4. The van der Waals surface area contributed by atoms with E-state index in [9.17, 15) is 4.79 Å². The molecule has 1 aliphatic heterocycles. The second-order valence-corrected chi connectivity index (χ2v) is 8.85. The molecule has 3 heterocycles. The lowest BCUT2D eigenvalue weighted by atomic mass is 9.98. The molecule has 26 heavy (non-hydrogen) atoms. The first-order valence-corrected chi connectivity index (χ1v) is 10.7. The molecule has 0 aliphatic carbocycles. The highest BCUT2D eigenvalue weighted by Gasteiger charge is 2.31. The van der Waals surface area contributed by atoms with Gasteiger partial charge in [-0.3, -0.25) is 9.69 Å². The molecule has 0 spiro atoms. The van der Waals surface area contributed by atoms with Crippen molar-refractivity contribution in [3.05, 3.63) is 72.5 Å². The van der Waals surface area contributed by atoms with E-state index in [2.05, 4.69) is 39.2 Å². The van der Waals surface area contributed by atoms with Crippen LogP contribution in [0.25, 0.3) is 0 Å². The molecule has 0 saturated heterocycles. The van der Waals surface area contributed by atoms with E-state index in [1.807, 2.05) is 0 Å². The third-order valence-electron chi connectivity index (χ3n) is 4.45. The van der Waals surface area contributed by atoms with E-state index in [0.29, 0.717) is 22.3 Å². The number of nitrogens with one attached hydrogen (secondary N) is 1. The lowest BCUT2D eigenvalue weighted by molar-refractivity contribution is -0.117. The highest BCUT2D eigenvalue weighted by atomic mass is 35.5. The van der Waals surface area contributed by atoms with Gasteiger partial charge in [-0.15, -0.1) is 22.7 Å². The molecule has 2 aromatic heterocycles. The van der Waals surface area contributed by atoms with Crippen LogP contribution in [0.15, 0.2) is 47.2 Å². The Morgan fingerprint density at radius 3 is 2.85 bits per heavy atom. The summed E-state index contributed by atoms with van der Waals surface area (Å²) in [6.45, 7) is 1.16. The SMILES string of the molecule is O=C(CN1CCc2sccc2C1c1cccs1)Nc1cccc(Cl)c1Cl. The average molecular weight is 423 g/mol. The first-order chi connectivity index (χ1) is 12.6. The molecule has 1 unspecified atom stereocenters. The summed E-state index contributed by atoms with van der Waals surface area (Å²) < 4.78 is 0. The van der Waals surface area contributed by atoms with Crippen LogP contribution in [0.1, 0.15) is 21.4 Å². The highest BCUT2D eigenvalue weighted by Crippen LogP contribution is 2.39. The maximum absolute atomic E-state index is 12.7. The molecule has 3 nitrogen and oxygen atoms in total. The van der Waals surface area contributed by atoms with E-state index in [4.69, 9.17) is 23.2 Å². The summed E-state index contributed by atoms with van der Waals surface area (Å²) in [7, 11) is 0. The Bertz CT molecular complexity index is 924. The van der Waals surface area contributed by atoms with Crippen LogP contribution in [0.5, 0.6) is 0 Å². The van der Waals surface area contributed by atoms with E-state index in [-0.39, 0.29) is 11.9 Å². The molecular formula is C19H16Cl2N2OS2. The van der Waals surface area contributed by atoms with Gasteiger partial charge in [-0.25, -0.2) is 0 Å². The molecule has 7 heteroatoms. The largest absolute Gasteiger partial charge is 0.324 e. The quantitative estimate of drug-likeness (QED) is 0.584. The van der Waals surface area contributed by atoms with Crippen LogP contribution in [-0.4, -0.2) is 23.9 Å². The summed E-state index contributed by atoms with van der Waals surface area (Å²) in [5, 5.41) is 7.92. The summed E-state index contributed by atoms with van der Waals surface area (Å²) in [6, 6.07) is 11.8. The summed E-state index contributed by atoms with van der Waals surface area (Å²) in [5.41, 5.74) is 1.86. The predicted octanol–water partition coefficient (Wildman–Crippen LogP) is 5.70. The highest BCUT2D eigenvalue weighted by molar-refractivity contribution is 7.10. The number of anilines is 1. The fourth-order valence-corrected chi connectivity index (χ4v) is 5.42. The van der Waals surface area contributed by atoms with Crippen molar-refractivity contribution in [2.45, 2.75) is 12.5 Å². The summed E-state index contributed by atoms with van der Waals surface area (Å²) in [5.74, 6) is -0.0885. The minimum absolute atomic E-state index is 0.0885. The third kappa shape index (κ3) is 3.55. The minimum atomic E-state index is -0.0885. The van der Waals surface area contributed by atoms with Crippen LogP contribution in [-0.2, 0) is 11.2 Å². The zero-order chi connectivity index (χ0) is 18.1. The molecule has 4 rings (SSSR count). The molecule has 0 saturated carbocycles. The van der Waals surface area contributed by atoms with Gasteiger partial charge in [0.05, 0.1) is 28.3 Å². The minimum Gasteiger partial charge on any atom is -0.324 e. The van der Waals surface area contributed by atoms with E-state index in [1.54, 1.807) is 40.9 Å². The topological polar surface area (TPSA) is 32.3 Å². The molecule has 0 fully saturated rings. The maximum atomic E-state index is 12.7. The molecule has 0 bridgehead atoms. The molecule has 1 aromatic carbocycles. The molecule has 134 valence electrons. The van der Waals surface area contributed by atoms with Crippen molar-refractivity contribution >= 4 is 57.5 Å². The molecular weight excluding hydrogens is 407 g/mol. The molecule has 3 aromatic rings. The Hall–Kier alpha value is -1.37. The average Bonchev–Trinajstić information content (AvgIpc) is 3.30. The maximum Gasteiger partial charge on any atom is 0.238 e. The number of amides is 1. The van der Waals surface area contributed by atoms with Gasteiger partial charge in [-0.2, -0.15) is 0 Å². The van der Waals surface area contributed by atoms with Crippen molar-refractivity contribution in [3.8, 4) is 0 Å². The lowest BCUT2D eigenvalue weighted by Gasteiger charge is -2.34. The molecule has 1 aliphatic rings. The van der Waals surface area contributed by atoms with Gasteiger partial charge in [-0.05, 0) is 47.0 Å². The second-order valence-electron chi connectivity index (χ2n) is 6.09. The lowest BCUT2D eigenvalue weighted by Crippen LogP contribution is -2.40. The van der Waals surface area contributed by atoms with E-state index in [0.717, 1.165) is 13.0 Å². The zero-order valence-corrected chi connectivity index (χ0v) is 16.9. The van der Waals surface area contributed by atoms with Crippen molar-refractivity contribution in [1.82, 2.24) is 4.90 Å². The molecule has 0 radical (unpaired) electrons. The number of halogens is 2. The number of fused-ring (bicyclic) bond motifs is 1. The van der Waals surface area contributed by atoms with E-state index >= 15 is 0 Å². The van der Waals surface area contributed by atoms with Gasteiger partial charge in [0, 0.05) is 16.3 Å². The van der Waals surface area contributed by atoms with E-state index < -0.39 is 0 Å². The monoisotopic (exact) mass is 422 g/mol. The summed E-state index contributed by atoms with van der Waals surface area (Å²) in [4.78, 5) is 17.6. The predicted molar refractivity (Wildman–Crippen MR) is 111 cm³/mol. The van der Waals surface area contributed by atoms with Crippen LogP contribution in [0.4, 0.5) is 5.69 Å². The Balaban J connectivity index is 1.55. The number of carbonyl (C=O) groups excluding carboxylic acids is 1. The van der Waals surface area contributed by atoms with Crippen LogP contribution < -0.4 is 5.32 Å². The summed E-state index contributed by atoms with van der Waals surface area (Å²) >= 11 is 15.7. The van der Waals surface area contributed by atoms with Gasteiger partial charge in [0.1, 0.15) is 0 Å². The van der Waals surface area contributed by atoms with Crippen molar-refractivity contribution in [3.63, 3.8) is 0 Å². The number of carbonyl (C=O) groups is 1. The van der Waals surface area contributed by atoms with Crippen LogP contribution >= 0.6 is 45.9 Å². The van der Waals surface area contributed by atoms with Crippen molar-refractivity contribution in [1.29, 1.82) is 0 Å². The fraction of sp³-hybridized carbons (Fsp3) is 0.211. The number of thiophene rings is 2. The van der Waals surface area contributed by atoms with E-state index in [1.165, 1.54) is 15.3 Å². The van der Waals surface area contributed by atoms with Gasteiger partial charge in [0.15, 0.2) is 0 Å². The molecule has 1 atom stereocenters. The Morgan fingerprint density at radius 1 is 1.15 bits per heavy atom. The number of nitrogens with zero attached hydrogens (tertiary/aromatic N) is 1. The Labute approximate surface area is 170 Å². The van der Waals surface area contributed by atoms with Crippen LogP contribution in [0.3, 0.4) is 0 Å². The van der Waals surface area contributed by atoms with Gasteiger partial charge < -0.3 is 5.32 Å². The van der Waals surface area contributed by atoms with Gasteiger partial charge in [-0.1, -0.05) is 35.3 Å². The smallest absolute Gasteiger partial charge is 0.238 e. The third-order valence-corrected chi connectivity index (χ3v) is 7.19. The van der Waals surface area contributed by atoms with Gasteiger partial charge >= 0.3 is 0 Å². The van der Waals surface area contributed by atoms with Crippen molar-refractivity contribution in [2.75, 3.05) is 18.4 Å². The van der Waals surface area contributed by atoms with Crippen LogP contribution in [0, 0.1) is 0 Å². The van der Waals surface area contributed by atoms with Crippen LogP contribution in [0.2, 0.25) is 10.0 Å². The Kier molecular flexibility index (Phi) is 5.34. The molecule has 1 N–H and O–H groups in total. The zero-order valence-electron chi connectivity index (χ0n) is 13.7. The number of hydrogen-bond donors (Lipinski definition) is 1. The number of benzene rings is 1. The second kappa shape index (κ2) is 7.71. The summed E-state index contributed by atoms with van der Waals surface area (Å²) in [6.07, 6.45) is 0.972. The standard InChI is InChI=1S/C19H16Cl2N2OS2/c20-13-3-1-4-14(18(13)21)22-17(24)11-23-8-6-15-12(7-10-26-15)19(23)16-5-2-9-25-16/h1-5,7,9-10,19H,6,8,11H2,(H,22,24). The number of hydrogen-bond acceptors (Lipinski definition) is 4. The first-order valence-electron chi connectivity index (χ1n) is 8.21. The Morgan fingerprint density at radius 2 is 2.04 bits per heavy atom. The first kappa shape index (κ1) is 18.0. The van der Waals surface area contributed by atoms with Crippen molar-refractivity contribution < 1.29 is 4.79 Å². The van der Waals surface area contributed by atoms with Gasteiger partial charge in [0.25, 0.3) is 0 Å². The fourth-order valence-electron chi connectivity index (χ4n) is 3.29. The van der Waals surface area contributed by atoms with Crippen molar-refractivity contribution in [2.24, 2.45) is 0 Å².